The summed E-state index contributed by atoms with van der Waals surface area (Å²) in [5.41, 5.74) is 2.74. The smallest absolute Gasteiger partial charge is 0.130 e. The van der Waals surface area contributed by atoms with Crippen molar-refractivity contribution < 1.29 is 9.13 Å². The van der Waals surface area contributed by atoms with E-state index in [0.717, 1.165) is 52.8 Å². The van der Waals surface area contributed by atoms with E-state index >= 15 is 0 Å². The minimum Gasteiger partial charge on any atom is -0.490 e. The Balaban J connectivity index is 1.18. The Hall–Kier alpha value is -2.66. The lowest BCUT2D eigenvalue weighted by Gasteiger charge is -2.20. The van der Waals surface area contributed by atoms with Crippen molar-refractivity contribution in [3.05, 3.63) is 65.3 Å². The number of aromatic amines is 1. The maximum atomic E-state index is 13.7. The molecule has 0 saturated heterocycles. The van der Waals surface area contributed by atoms with E-state index in [1.54, 1.807) is 12.3 Å². The lowest BCUT2D eigenvalue weighted by molar-refractivity contribution is 0.184. The highest BCUT2D eigenvalue weighted by Crippen LogP contribution is 2.63. The van der Waals surface area contributed by atoms with E-state index in [4.69, 9.17) is 21.3 Å². The number of hydrogen-bond donors (Lipinski definition) is 1. The molecule has 6 heteroatoms. The van der Waals surface area contributed by atoms with Gasteiger partial charge >= 0.3 is 0 Å². The molecule has 2 aliphatic carbocycles. The Kier molecular flexibility index (Phi) is 4.42. The minimum atomic E-state index is -0.266. The SMILES string of the molecule is CCC(c1nc2cc(Cl)ccc2[nH]1)[C@@H]1[C@@H]2C[C@@H](Oc3ccnc4ccc(F)cc34)C[C@@H]21. The predicted octanol–water partition coefficient (Wildman–Crippen LogP) is 6.50. The summed E-state index contributed by atoms with van der Waals surface area (Å²) in [6.07, 6.45) is 5.04. The molecule has 2 fully saturated rings. The normalized spacial score (nSPS) is 25.6. The molecule has 158 valence electrons. The van der Waals surface area contributed by atoms with Gasteiger partial charge in [-0.25, -0.2) is 9.37 Å². The maximum absolute atomic E-state index is 13.7. The van der Waals surface area contributed by atoms with Crippen molar-refractivity contribution in [2.75, 3.05) is 0 Å². The molecule has 4 aromatic rings. The third kappa shape index (κ3) is 3.26. The van der Waals surface area contributed by atoms with Gasteiger partial charge in [-0.2, -0.15) is 0 Å². The van der Waals surface area contributed by atoms with Gasteiger partial charge in [0.25, 0.3) is 0 Å². The Bertz CT molecular complexity index is 1280. The molecule has 2 aromatic carbocycles. The van der Waals surface area contributed by atoms with Crippen molar-refractivity contribution >= 4 is 33.5 Å². The van der Waals surface area contributed by atoms with Crippen LogP contribution in [0.2, 0.25) is 5.02 Å². The van der Waals surface area contributed by atoms with Crippen LogP contribution >= 0.6 is 11.6 Å². The van der Waals surface area contributed by atoms with E-state index in [1.165, 1.54) is 12.1 Å². The average Bonchev–Trinajstić information content (AvgIpc) is 3.09. The molecule has 0 radical (unpaired) electrons. The quantitative estimate of drug-likeness (QED) is 0.389. The molecule has 6 rings (SSSR count). The zero-order chi connectivity index (χ0) is 21.1. The largest absolute Gasteiger partial charge is 0.490 e. The summed E-state index contributed by atoms with van der Waals surface area (Å²) >= 11 is 6.13. The molecule has 2 aromatic heterocycles. The summed E-state index contributed by atoms with van der Waals surface area (Å²) < 4.78 is 20.1. The van der Waals surface area contributed by atoms with Crippen LogP contribution in [-0.4, -0.2) is 21.1 Å². The van der Waals surface area contributed by atoms with Crippen molar-refractivity contribution in [1.29, 1.82) is 0 Å². The van der Waals surface area contributed by atoms with Crippen molar-refractivity contribution in [2.24, 2.45) is 17.8 Å². The van der Waals surface area contributed by atoms with Crippen molar-refractivity contribution in [2.45, 2.75) is 38.2 Å². The lowest BCUT2D eigenvalue weighted by atomic mass is 9.93. The zero-order valence-electron chi connectivity index (χ0n) is 17.2. The second-order valence-electron chi connectivity index (χ2n) is 8.89. The molecular formula is C25H23ClFN3O. The molecule has 2 aliphatic rings. The van der Waals surface area contributed by atoms with Gasteiger partial charge in [0.15, 0.2) is 0 Å². The van der Waals surface area contributed by atoms with E-state index in [0.29, 0.717) is 28.7 Å². The van der Waals surface area contributed by atoms with Gasteiger partial charge < -0.3 is 9.72 Å². The summed E-state index contributed by atoms with van der Waals surface area (Å²) in [5, 5.41) is 1.46. The zero-order valence-corrected chi connectivity index (χ0v) is 17.9. The van der Waals surface area contributed by atoms with Crippen LogP contribution in [-0.2, 0) is 0 Å². The summed E-state index contributed by atoms with van der Waals surface area (Å²) in [5.74, 6) is 3.94. The number of nitrogens with one attached hydrogen (secondary N) is 1. The number of ether oxygens (including phenoxy) is 1. The van der Waals surface area contributed by atoms with E-state index < -0.39 is 0 Å². The number of rotatable bonds is 5. The highest BCUT2D eigenvalue weighted by atomic mass is 35.5. The van der Waals surface area contributed by atoms with Gasteiger partial charge in [-0.15, -0.1) is 0 Å². The predicted molar refractivity (Wildman–Crippen MR) is 120 cm³/mol. The maximum Gasteiger partial charge on any atom is 0.130 e. The number of fused-ring (bicyclic) bond motifs is 3. The fourth-order valence-electron chi connectivity index (χ4n) is 5.73. The second kappa shape index (κ2) is 7.20. The molecule has 4 nitrogen and oxygen atoms in total. The van der Waals surface area contributed by atoms with Gasteiger partial charge in [0.1, 0.15) is 17.4 Å². The van der Waals surface area contributed by atoms with Crippen LogP contribution in [0.3, 0.4) is 0 Å². The van der Waals surface area contributed by atoms with Crippen molar-refractivity contribution in [3.8, 4) is 5.75 Å². The molecule has 2 heterocycles. The first-order valence-corrected chi connectivity index (χ1v) is 11.3. The number of H-pyrrole nitrogens is 1. The van der Waals surface area contributed by atoms with E-state index in [-0.39, 0.29) is 11.9 Å². The number of aromatic nitrogens is 3. The molecule has 5 atom stereocenters. The summed E-state index contributed by atoms with van der Waals surface area (Å²) in [6, 6.07) is 12.3. The number of imidazole rings is 1. The van der Waals surface area contributed by atoms with Crippen LogP contribution in [0.5, 0.6) is 5.75 Å². The third-order valence-corrected chi connectivity index (χ3v) is 7.38. The highest BCUT2D eigenvalue weighted by molar-refractivity contribution is 6.31. The van der Waals surface area contributed by atoms with Crippen LogP contribution in [0.25, 0.3) is 21.9 Å². The Morgan fingerprint density at radius 2 is 1.97 bits per heavy atom. The van der Waals surface area contributed by atoms with Gasteiger partial charge in [0.05, 0.1) is 22.7 Å². The monoisotopic (exact) mass is 435 g/mol. The highest BCUT2D eigenvalue weighted by Gasteiger charge is 2.59. The number of benzene rings is 2. The summed E-state index contributed by atoms with van der Waals surface area (Å²) in [7, 11) is 0. The fraction of sp³-hybridized carbons (Fsp3) is 0.360. The molecule has 0 bridgehead atoms. The van der Waals surface area contributed by atoms with Gasteiger partial charge in [0, 0.05) is 22.5 Å². The first-order chi connectivity index (χ1) is 15.1. The molecule has 0 amide bonds. The second-order valence-corrected chi connectivity index (χ2v) is 9.32. The van der Waals surface area contributed by atoms with Crippen molar-refractivity contribution in [1.82, 2.24) is 15.0 Å². The fourth-order valence-corrected chi connectivity index (χ4v) is 5.90. The van der Waals surface area contributed by atoms with E-state index in [1.807, 2.05) is 24.3 Å². The summed E-state index contributed by atoms with van der Waals surface area (Å²) in [6.45, 7) is 2.24. The number of pyridine rings is 1. The van der Waals surface area contributed by atoms with Crippen molar-refractivity contribution in [3.63, 3.8) is 0 Å². The lowest BCUT2D eigenvalue weighted by Crippen LogP contribution is -2.18. The molecule has 0 aliphatic heterocycles. The third-order valence-electron chi connectivity index (χ3n) is 7.14. The molecule has 1 unspecified atom stereocenters. The Morgan fingerprint density at radius 3 is 2.77 bits per heavy atom. The standard InChI is InChI=1S/C25H23ClFN3O/c1-2-16(25-29-21-5-3-13(26)9-22(21)30-25)24-17-11-15(12-18(17)24)31-23-7-8-28-20-6-4-14(27)10-19(20)23/h3-10,15-18,24H,2,11-12H2,1H3,(H,29,30)/t15-,16?,17-,18+,24-. The molecule has 2 saturated carbocycles. The number of hydrogen-bond acceptors (Lipinski definition) is 3. The number of nitrogens with zero attached hydrogens (tertiary/aromatic N) is 2. The first kappa shape index (κ1) is 19.1. The summed E-state index contributed by atoms with van der Waals surface area (Å²) in [4.78, 5) is 12.7. The van der Waals surface area contributed by atoms with E-state index in [9.17, 15) is 4.39 Å². The van der Waals surface area contributed by atoms with Crippen LogP contribution in [0.4, 0.5) is 4.39 Å². The van der Waals surface area contributed by atoms with Crippen LogP contribution in [0, 0.1) is 23.6 Å². The Morgan fingerprint density at radius 1 is 1.13 bits per heavy atom. The van der Waals surface area contributed by atoms with Crippen LogP contribution in [0.1, 0.15) is 37.9 Å². The van der Waals surface area contributed by atoms with Crippen LogP contribution in [0.15, 0.2) is 48.7 Å². The molecular weight excluding hydrogens is 413 g/mol. The molecule has 0 spiro atoms. The van der Waals surface area contributed by atoms with Crippen LogP contribution < -0.4 is 4.74 Å². The van der Waals surface area contributed by atoms with Gasteiger partial charge in [0.2, 0.25) is 0 Å². The minimum absolute atomic E-state index is 0.173. The molecule has 1 N–H and O–H groups in total. The van der Waals surface area contributed by atoms with E-state index in [2.05, 4.69) is 16.9 Å². The average molecular weight is 436 g/mol. The van der Waals surface area contributed by atoms with Gasteiger partial charge in [-0.05, 0) is 79.5 Å². The molecule has 31 heavy (non-hydrogen) atoms. The topological polar surface area (TPSA) is 50.8 Å². The first-order valence-electron chi connectivity index (χ1n) is 11.0. The van der Waals surface area contributed by atoms with Gasteiger partial charge in [-0.1, -0.05) is 18.5 Å². The van der Waals surface area contributed by atoms with Gasteiger partial charge in [-0.3, -0.25) is 4.98 Å². The Labute approximate surface area is 184 Å². The number of halogens is 2.